The van der Waals surface area contributed by atoms with Crippen molar-refractivity contribution in [2.45, 2.75) is 25.2 Å². The molecule has 4 aromatic rings. The Bertz CT molecular complexity index is 1830. The molecule has 5 rings (SSSR count). The predicted octanol–water partition coefficient (Wildman–Crippen LogP) is 9.10. The van der Waals surface area contributed by atoms with Crippen molar-refractivity contribution in [2.75, 3.05) is 22.6 Å². The minimum atomic E-state index is -9.81. The number of imidazole rings is 1. The van der Waals surface area contributed by atoms with Gasteiger partial charge in [0, 0.05) is 17.4 Å². The normalized spacial score (nSPS) is 16.0. The first-order valence-electron chi connectivity index (χ1n) is 13.3. The largest absolute Gasteiger partial charge is 0.491 e. The number of amides is 3. The molecule has 3 aromatic carbocycles. The van der Waals surface area contributed by atoms with Crippen molar-refractivity contribution >= 4 is 50.5 Å². The van der Waals surface area contributed by atoms with E-state index >= 15 is 4.39 Å². The lowest BCUT2D eigenvalue weighted by Gasteiger charge is -2.40. The number of nitrogens with one attached hydrogen (secondary N) is 1. The fourth-order valence-corrected chi connectivity index (χ4v) is 5.82. The molecule has 1 aliphatic heterocycles. The van der Waals surface area contributed by atoms with Crippen molar-refractivity contribution in [3.63, 3.8) is 0 Å². The third-order valence-corrected chi connectivity index (χ3v) is 8.54. The number of rotatable bonds is 8. The third-order valence-electron chi connectivity index (χ3n) is 6.45. The van der Waals surface area contributed by atoms with E-state index in [1.54, 1.807) is 12.1 Å². The summed E-state index contributed by atoms with van der Waals surface area (Å²) in [5.74, 6) is -0.638. The Balaban J connectivity index is 1.32. The van der Waals surface area contributed by atoms with Crippen molar-refractivity contribution in [2.24, 2.45) is 4.99 Å². The molecule has 0 spiro atoms. The lowest BCUT2D eigenvalue weighted by Crippen LogP contribution is -2.31. The number of urea groups is 1. The second-order valence-electron chi connectivity index (χ2n) is 9.99. The molecular weight excluding hydrogens is 644 g/mol. The second-order valence-corrected chi connectivity index (χ2v) is 13.3. The number of anilines is 2. The summed E-state index contributed by atoms with van der Waals surface area (Å²) in [6.45, 7) is 4.21. The van der Waals surface area contributed by atoms with Crippen LogP contribution >= 0.6 is 22.0 Å². The summed E-state index contributed by atoms with van der Waals surface area (Å²) in [5.41, 5.74) is 1.70. The lowest BCUT2D eigenvalue weighted by atomic mass is 10.1. The maximum absolute atomic E-state index is 15.0. The number of halogens is 6. The van der Waals surface area contributed by atoms with Crippen LogP contribution in [0.3, 0.4) is 0 Å². The highest BCUT2D eigenvalue weighted by atomic mass is 32.5. The fraction of sp³-hybridized carbons (Fsp3) is 0.172. The number of aryl methyl sites for hydroxylation is 1. The van der Waals surface area contributed by atoms with Gasteiger partial charge in [0.15, 0.2) is 5.17 Å². The molecule has 0 aliphatic carbocycles. The fourth-order valence-electron chi connectivity index (χ4n) is 4.31. The van der Waals surface area contributed by atoms with Gasteiger partial charge in [0.2, 0.25) is 5.91 Å². The van der Waals surface area contributed by atoms with Gasteiger partial charge in [0.1, 0.15) is 16.5 Å². The van der Waals surface area contributed by atoms with E-state index in [9.17, 15) is 29.0 Å². The summed E-state index contributed by atoms with van der Waals surface area (Å²) in [5, 5.41) is 2.46. The molecule has 2 heterocycles. The quantitative estimate of drug-likeness (QED) is 0.189. The monoisotopic (exact) mass is 669 g/mol. The summed E-state index contributed by atoms with van der Waals surface area (Å²) >= 11 is 1.05. The van der Waals surface area contributed by atoms with Gasteiger partial charge >= 0.3 is 16.3 Å². The number of hydrogen-bond donors (Lipinski definition) is 1. The molecule has 0 atom stereocenters. The van der Waals surface area contributed by atoms with Gasteiger partial charge in [-0.3, -0.25) is 9.69 Å². The minimum absolute atomic E-state index is 0.0448. The number of thioether (sulfide) groups is 1. The number of nitrogens with zero attached hydrogens (tertiary/aromatic N) is 4. The van der Waals surface area contributed by atoms with E-state index < -0.39 is 27.0 Å². The van der Waals surface area contributed by atoms with Gasteiger partial charge in [0.05, 0.1) is 35.8 Å². The molecule has 16 heteroatoms. The average Bonchev–Trinajstić information content (AvgIpc) is 3.59. The highest BCUT2D eigenvalue weighted by Crippen LogP contribution is 3.02. The van der Waals surface area contributed by atoms with Crippen LogP contribution in [-0.2, 0) is 4.79 Å². The van der Waals surface area contributed by atoms with Crippen LogP contribution in [-0.4, -0.2) is 39.0 Å². The third kappa shape index (κ3) is 7.28. The molecule has 0 radical (unpaired) electrons. The van der Waals surface area contributed by atoms with Crippen LogP contribution in [0.1, 0.15) is 18.9 Å². The molecule has 8 nitrogen and oxygen atoms in total. The molecule has 0 saturated carbocycles. The molecule has 1 N–H and O–H groups in total. The summed E-state index contributed by atoms with van der Waals surface area (Å²) in [6.07, 6.45) is 3.35. The molecule has 1 aliphatic rings. The van der Waals surface area contributed by atoms with Crippen molar-refractivity contribution in [3.8, 4) is 22.7 Å². The smallest absolute Gasteiger partial charge is 0.347 e. The average molecular weight is 670 g/mol. The molecule has 0 unspecified atom stereocenters. The Morgan fingerprint density at radius 3 is 2.47 bits per heavy atom. The number of amidine groups is 1. The van der Waals surface area contributed by atoms with Gasteiger partial charge in [-0.15, -0.1) is 0 Å². The minimum Gasteiger partial charge on any atom is -0.491 e. The van der Waals surface area contributed by atoms with E-state index in [1.807, 2.05) is 19.9 Å². The van der Waals surface area contributed by atoms with Crippen LogP contribution in [0.5, 0.6) is 5.75 Å². The molecule has 1 aromatic heterocycles. The highest BCUT2D eigenvalue weighted by Gasteiger charge is 2.65. The summed E-state index contributed by atoms with van der Waals surface area (Å²) in [7, 11) is -9.81. The Morgan fingerprint density at radius 2 is 1.80 bits per heavy atom. The number of hydrogen-bond acceptors (Lipinski definition) is 5. The van der Waals surface area contributed by atoms with Crippen LogP contribution in [0.4, 0.5) is 40.0 Å². The van der Waals surface area contributed by atoms with Crippen LogP contribution in [0.2, 0.25) is 0 Å². The van der Waals surface area contributed by atoms with Crippen LogP contribution < -0.4 is 15.0 Å². The molecule has 1 saturated heterocycles. The van der Waals surface area contributed by atoms with Crippen LogP contribution in [0.25, 0.3) is 16.9 Å². The second kappa shape index (κ2) is 11.2. The van der Waals surface area contributed by atoms with E-state index in [4.69, 9.17) is 4.74 Å². The maximum atomic E-state index is 15.0. The number of aromatic nitrogens is 2. The number of carbonyl (C=O) groups excluding carboxylic acids is 2. The Morgan fingerprint density at radius 1 is 1.07 bits per heavy atom. The van der Waals surface area contributed by atoms with Crippen molar-refractivity contribution < 1.29 is 38.1 Å². The number of benzene rings is 3. The number of carbonyl (C=O) groups is 2. The summed E-state index contributed by atoms with van der Waals surface area (Å²) in [4.78, 5) is 32.9. The van der Waals surface area contributed by atoms with E-state index in [1.165, 1.54) is 34.1 Å². The topological polar surface area (TPSA) is 88.8 Å². The first-order chi connectivity index (χ1) is 21.0. The van der Waals surface area contributed by atoms with Gasteiger partial charge in [0.25, 0.3) is 0 Å². The SMILES string of the molecule is CCCOc1ccc(C)cc1N1C(=O)CS/C1=N\C(=O)Nc1ccc(-c2cn(-c3ccc(S(F)(F)(F)(F)F)cc3)cn2)cc1F. The molecule has 0 bridgehead atoms. The van der Waals surface area contributed by atoms with Gasteiger partial charge in [-0.1, -0.05) is 50.2 Å². The molecule has 45 heavy (non-hydrogen) atoms. The van der Waals surface area contributed by atoms with E-state index in [0.29, 0.717) is 18.0 Å². The highest BCUT2D eigenvalue weighted by molar-refractivity contribution is 8.45. The van der Waals surface area contributed by atoms with E-state index in [0.717, 1.165) is 41.9 Å². The zero-order valence-corrected chi connectivity index (χ0v) is 25.3. The van der Waals surface area contributed by atoms with Gasteiger partial charge in [-0.2, -0.15) is 4.99 Å². The van der Waals surface area contributed by atoms with Crippen molar-refractivity contribution in [3.05, 3.63) is 84.6 Å². The van der Waals surface area contributed by atoms with Crippen molar-refractivity contribution in [1.82, 2.24) is 9.55 Å². The first-order valence-corrected chi connectivity index (χ1v) is 16.2. The lowest BCUT2D eigenvalue weighted by molar-refractivity contribution is -0.115. The Labute approximate surface area is 257 Å². The number of aliphatic imine (C=N–C) groups is 1. The van der Waals surface area contributed by atoms with E-state index in [-0.39, 0.29) is 51.6 Å². The molecule has 1 fully saturated rings. The maximum Gasteiger partial charge on any atom is 0.347 e. The summed E-state index contributed by atoms with van der Waals surface area (Å²) in [6, 6.07) is 10.5. The van der Waals surface area contributed by atoms with Gasteiger partial charge in [-0.05, 0) is 67.4 Å². The Hall–Kier alpha value is -4.44. The molecular formula is C29H25F6N5O3S2. The molecule has 3 amide bonds. The van der Waals surface area contributed by atoms with Crippen LogP contribution in [0, 0.1) is 12.7 Å². The Kier molecular flexibility index (Phi) is 7.94. The van der Waals surface area contributed by atoms with Crippen molar-refractivity contribution in [1.29, 1.82) is 0 Å². The van der Waals surface area contributed by atoms with Crippen LogP contribution in [0.15, 0.2) is 83.1 Å². The molecule has 238 valence electrons. The standard InChI is InChI=1S/C29H25F6N5O3S2/c1-3-12-43-26-11-4-18(2)13-25(26)40-27(41)16-44-29(40)38-28(42)37-23-10-5-19(14-22(23)30)24-15-39(17-36-24)20-6-8-21(9-7-20)45(31,32,33,34)35/h4-11,13-15,17H,3,12,16H2,1-2H3,(H,37,42)/b38-29-. The van der Waals surface area contributed by atoms with Gasteiger partial charge in [-0.25, -0.2) is 14.2 Å². The zero-order valence-electron chi connectivity index (χ0n) is 23.6. The first kappa shape index (κ1) is 32.0. The number of ether oxygens (including phenoxy) is 1. The zero-order chi connectivity index (χ0) is 32.6. The van der Waals surface area contributed by atoms with Gasteiger partial charge < -0.3 is 14.6 Å². The van der Waals surface area contributed by atoms with E-state index in [2.05, 4.69) is 15.3 Å². The summed E-state index contributed by atoms with van der Waals surface area (Å²) < 4.78 is 87.2. The predicted molar refractivity (Wildman–Crippen MR) is 164 cm³/mol.